The fraction of sp³-hybridized carbons (Fsp3) is 0.400. The maximum absolute atomic E-state index is 10.8. The molecule has 0 bridgehead atoms. The molecule has 0 amide bonds. The Labute approximate surface area is 177 Å². The second kappa shape index (κ2) is 10.3. The van der Waals surface area contributed by atoms with Crippen molar-refractivity contribution in [1.82, 2.24) is 10.6 Å². The van der Waals surface area contributed by atoms with Crippen molar-refractivity contribution in [2.75, 3.05) is 13.1 Å². The minimum Gasteiger partial charge on any atom is -0.466 e. The van der Waals surface area contributed by atoms with E-state index in [1.165, 1.54) is 0 Å². The SMILES string of the molecule is CCNC(=NCc1ccc(C#N)cc1)NCC(C)(O)c1cc(C)oc1C.I. The number of halogens is 1. The van der Waals surface area contributed by atoms with E-state index in [2.05, 4.69) is 21.7 Å². The molecule has 0 saturated heterocycles. The second-order valence-corrected chi connectivity index (χ2v) is 6.46. The van der Waals surface area contributed by atoms with Crippen molar-refractivity contribution in [2.45, 2.75) is 39.8 Å². The van der Waals surface area contributed by atoms with Gasteiger partial charge >= 0.3 is 0 Å². The van der Waals surface area contributed by atoms with E-state index >= 15 is 0 Å². The van der Waals surface area contributed by atoms with Crippen molar-refractivity contribution in [3.63, 3.8) is 0 Å². The van der Waals surface area contributed by atoms with E-state index in [0.717, 1.165) is 16.9 Å². The molecule has 1 unspecified atom stereocenters. The van der Waals surface area contributed by atoms with Crippen molar-refractivity contribution < 1.29 is 9.52 Å². The maximum Gasteiger partial charge on any atom is 0.191 e. The molecule has 0 aliphatic carbocycles. The molecule has 0 saturated carbocycles. The molecule has 6 nitrogen and oxygen atoms in total. The van der Waals surface area contributed by atoms with Crippen LogP contribution in [0, 0.1) is 25.2 Å². The number of aliphatic hydroxyl groups is 1. The molecule has 1 aromatic carbocycles. The Morgan fingerprint density at radius 2 is 1.93 bits per heavy atom. The summed E-state index contributed by atoms with van der Waals surface area (Å²) >= 11 is 0. The largest absolute Gasteiger partial charge is 0.466 e. The van der Waals surface area contributed by atoms with Crippen LogP contribution in [0.2, 0.25) is 0 Å². The number of furan rings is 1. The van der Waals surface area contributed by atoms with Crippen molar-refractivity contribution in [3.05, 3.63) is 58.5 Å². The summed E-state index contributed by atoms with van der Waals surface area (Å²) in [6.45, 7) is 8.94. The van der Waals surface area contributed by atoms with Crippen molar-refractivity contribution in [3.8, 4) is 6.07 Å². The third-order valence-corrected chi connectivity index (χ3v) is 4.07. The molecule has 27 heavy (non-hydrogen) atoms. The lowest BCUT2D eigenvalue weighted by atomic mass is 9.96. The number of hydrogen-bond donors (Lipinski definition) is 3. The quantitative estimate of drug-likeness (QED) is 0.334. The summed E-state index contributed by atoms with van der Waals surface area (Å²) in [4.78, 5) is 4.54. The number of aliphatic imine (C=N–C) groups is 1. The van der Waals surface area contributed by atoms with Crippen LogP contribution in [-0.4, -0.2) is 24.2 Å². The van der Waals surface area contributed by atoms with Gasteiger partial charge in [0.05, 0.1) is 24.7 Å². The standard InChI is InChI=1S/C20H26N4O2.HI/c1-5-22-19(23-12-17-8-6-16(11-21)7-9-17)24-13-20(4,25)18-10-14(2)26-15(18)3;/h6-10,25H,5,12-13H2,1-4H3,(H2,22,23,24);1H. The average molecular weight is 482 g/mol. The predicted molar refractivity (Wildman–Crippen MR) is 117 cm³/mol. The average Bonchev–Trinajstić information content (AvgIpc) is 2.97. The monoisotopic (exact) mass is 482 g/mol. The molecule has 0 aliphatic heterocycles. The van der Waals surface area contributed by atoms with Crippen LogP contribution < -0.4 is 10.6 Å². The third kappa shape index (κ3) is 6.56. The molecular weight excluding hydrogens is 455 g/mol. The molecule has 1 aromatic heterocycles. The van der Waals surface area contributed by atoms with Gasteiger partial charge in [-0.15, -0.1) is 24.0 Å². The van der Waals surface area contributed by atoms with Crippen LogP contribution in [0.5, 0.6) is 0 Å². The third-order valence-electron chi connectivity index (χ3n) is 4.07. The minimum atomic E-state index is -1.08. The number of benzene rings is 1. The Hall–Kier alpha value is -2.05. The minimum absolute atomic E-state index is 0. The normalized spacial score (nSPS) is 13.3. The second-order valence-electron chi connectivity index (χ2n) is 6.46. The highest BCUT2D eigenvalue weighted by Gasteiger charge is 2.27. The molecule has 0 radical (unpaired) electrons. The van der Waals surface area contributed by atoms with Crippen LogP contribution in [0.15, 0.2) is 39.7 Å². The summed E-state index contributed by atoms with van der Waals surface area (Å²) in [5.41, 5.74) is 1.33. The van der Waals surface area contributed by atoms with Gasteiger partial charge in [-0.1, -0.05) is 12.1 Å². The van der Waals surface area contributed by atoms with E-state index in [1.807, 2.05) is 39.0 Å². The highest BCUT2D eigenvalue weighted by Crippen LogP contribution is 2.26. The van der Waals surface area contributed by atoms with Gasteiger partial charge in [-0.25, -0.2) is 4.99 Å². The molecule has 3 N–H and O–H groups in total. The first-order chi connectivity index (χ1) is 12.4. The molecule has 0 spiro atoms. The van der Waals surface area contributed by atoms with Gasteiger partial charge in [0.15, 0.2) is 5.96 Å². The Kier molecular flexibility index (Phi) is 8.79. The van der Waals surface area contributed by atoms with Crippen LogP contribution in [0.3, 0.4) is 0 Å². The molecule has 1 atom stereocenters. The summed E-state index contributed by atoms with van der Waals surface area (Å²) < 4.78 is 5.52. The van der Waals surface area contributed by atoms with Crippen molar-refractivity contribution >= 4 is 29.9 Å². The van der Waals surface area contributed by atoms with Gasteiger partial charge in [-0.3, -0.25) is 0 Å². The number of nitrogens with zero attached hydrogens (tertiary/aromatic N) is 2. The van der Waals surface area contributed by atoms with E-state index in [1.54, 1.807) is 19.1 Å². The summed E-state index contributed by atoms with van der Waals surface area (Å²) in [5, 5.41) is 26.0. The number of aryl methyl sites for hydroxylation is 2. The van der Waals surface area contributed by atoms with E-state index in [-0.39, 0.29) is 24.0 Å². The van der Waals surface area contributed by atoms with Crippen LogP contribution in [0.4, 0.5) is 0 Å². The number of hydrogen-bond acceptors (Lipinski definition) is 4. The van der Waals surface area contributed by atoms with Crippen LogP contribution in [-0.2, 0) is 12.1 Å². The molecular formula is C20H27IN4O2. The maximum atomic E-state index is 10.8. The topological polar surface area (TPSA) is 93.6 Å². The summed E-state index contributed by atoms with van der Waals surface area (Å²) in [7, 11) is 0. The Balaban J connectivity index is 0.00000364. The van der Waals surface area contributed by atoms with Gasteiger partial charge < -0.3 is 20.2 Å². The summed E-state index contributed by atoms with van der Waals surface area (Å²) in [6, 6.07) is 11.3. The lowest BCUT2D eigenvalue weighted by Gasteiger charge is -2.24. The summed E-state index contributed by atoms with van der Waals surface area (Å²) in [6.07, 6.45) is 0. The van der Waals surface area contributed by atoms with Crippen molar-refractivity contribution in [1.29, 1.82) is 5.26 Å². The molecule has 7 heteroatoms. The molecule has 0 fully saturated rings. The highest BCUT2D eigenvalue weighted by atomic mass is 127. The van der Waals surface area contributed by atoms with E-state index in [4.69, 9.17) is 9.68 Å². The molecule has 146 valence electrons. The first-order valence-corrected chi connectivity index (χ1v) is 8.67. The zero-order valence-corrected chi connectivity index (χ0v) is 18.5. The Bertz CT molecular complexity index is 804. The van der Waals surface area contributed by atoms with E-state index in [0.29, 0.717) is 36.9 Å². The lowest BCUT2D eigenvalue weighted by molar-refractivity contribution is 0.0601. The van der Waals surface area contributed by atoms with Gasteiger partial charge in [-0.2, -0.15) is 5.26 Å². The van der Waals surface area contributed by atoms with Gasteiger partial charge in [0.2, 0.25) is 0 Å². The molecule has 2 aromatic rings. The van der Waals surface area contributed by atoms with Crippen molar-refractivity contribution in [2.24, 2.45) is 4.99 Å². The number of rotatable bonds is 6. The van der Waals surface area contributed by atoms with Gasteiger partial charge in [0.25, 0.3) is 0 Å². The molecule has 1 heterocycles. The fourth-order valence-corrected chi connectivity index (χ4v) is 2.71. The van der Waals surface area contributed by atoms with Gasteiger partial charge in [0, 0.05) is 12.1 Å². The van der Waals surface area contributed by atoms with Gasteiger partial charge in [0.1, 0.15) is 17.1 Å². The first kappa shape index (κ1) is 23.0. The van der Waals surface area contributed by atoms with Gasteiger partial charge in [-0.05, 0) is 51.5 Å². The zero-order valence-electron chi connectivity index (χ0n) is 16.2. The number of guanidine groups is 1. The summed E-state index contributed by atoms with van der Waals surface area (Å²) in [5.74, 6) is 2.11. The Morgan fingerprint density at radius 3 is 2.44 bits per heavy atom. The van der Waals surface area contributed by atoms with E-state index in [9.17, 15) is 5.11 Å². The van der Waals surface area contributed by atoms with Crippen LogP contribution in [0.1, 0.15) is 42.1 Å². The lowest BCUT2D eigenvalue weighted by Crippen LogP contribution is -2.44. The Morgan fingerprint density at radius 1 is 1.26 bits per heavy atom. The molecule has 0 aliphatic rings. The van der Waals surface area contributed by atoms with Crippen LogP contribution >= 0.6 is 24.0 Å². The van der Waals surface area contributed by atoms with E-state index < -0.39 is 5.60 Å². The predicted octanol–water partition coefficient (Wildman–Crippen LogP) is 3.35. The smallest absolute Gasteiger partial charge is 0.191 e. The van der Waals surface area contributed by atoms with Crippen LogP contribution in [0.25, 0.3) is 0 Å². The zero-order chi connectivity index (χ0) is 19.2. The molecule has 2 rings (SSSR count). The number of nitrogens with one attached hydrogen (secondary N) is 2. The fourth-order valence-electron chi connectivity index (χ4n) is 2.71. The highest BCUT2D eigenvalue weighted by molar-refractivity contribution is 14.0. The number of nitriles is 1. The first-order valence-electron chi connectivity index (χ1n) is 8.67.